The van der Waals surface area contributed by atoms with Crippen LogP contribution in [0.3, 0.4) is 0 Å². The maximum atomic E-state index is 11.3. The summed E-state index contributed by atoms with van der Waals surface area (Å²) < 4.78 is 0. The van der Waals surface area contributed by atoms with Gasteiger partial charge < -0.3 is 10.4 Å². The molecule has 1 rings (SSSR count). The molecule has 2 amide bonds. The molecule has 17 heavy (non-hydrogen) atoms. The second kappa shape index (κ2) is 6.00. The first-order chi connectivity index (χ1) is 7.97. The minimum Gasteiger partial charge on any atom is -0.478 e. The number of carboxylic acid groups (broad SMARTS) is 1. The molecule has 0 fully saturated rings. The highest BCUT2D eigenvalue weighted by molar-refractivity contribution is 7.16. The fraction of sp³-hybridized carbons (Fsp3) is 0.300. The summed E-state index contributed by atoms with van der Waals surface area (Å²) in [5.74, 6) is -1.02. The fourth-order valence-electron chi connectivity index (χ4n) is 0.970. The molecule has 0 aliphatic carbocycles. The van der Waals surface area contributed by atoms with Crippen LogP contribution in [0, 0.1) is 0 Å². The number of hydrogen-bond donors (Lipinski definition) is 3. The first kappa shape index (κ1) is 13.2. The SMILES string of the molecule is CC(C)NC(=O)Nc1ncc(C=CC(=O)O)s1. The number of thiazole rings is 1. The number of urea groups is 1. The quantitative estimate of drug-likeness (QED) is 0.715. The first-order valence-corrected chi connectivity index (χ1v) is 5.73. The smallest absolute Gasteiger partial charge is 0.328 e. The Morgan fingerprint density at radius 3 is 2.82 bits per heavy atom. The summed E-state index contributed by atoms with van der Waals surface area (Å²) in [7, 11) is 0. The largest absolute Gasteiger partial charge is 0.478 e. The lowest BCUT2D eigenvalue weighted by Gasteiger charge is -2.07. The summed E-state index contributed by atoms with van der Waals surface area (Å²) in [5.41, 5.74) is 0. The standard InChI is InChI=1S/C10H13N3O3S/c1-6(2)12-9(16)13-10-11-5-7(17-10)3-4-8(14)15/h3-6H,1-2H3,(H,14,15)(H2,11,12,13,16). The molecule has 0 spiro atoms. The molecule has 1 heterocycles. The van der Waals surface area contributed by atoms with E-state index in [4.69, 9.17) is 5.11 Å². The van der Waals surface area contributed by atoms with Crippen molar-refractivity contribution in [1.82, 2.24) is 10.3 Å². The average molecular weight is 255 g/mol. The Morgan fingerprint density at radius 2 is 2.24 bits per heavy atom. The number of aromatic nitrogens is 1. The van der Waals surface area contributed by atoms with E-state index in [1.54, 1.807) is 0 Å². The number of carboxylic acids is 1. The van der Waals surface area contributed by atoms with Crippen LogP contribution < -0.4 is 10.6 Å². The van der Waals surface area contributed by atoms with Gasteiger partial charge in [0.2, 0.25) is 0 Å². The van der Waals surface area contributed by atoms with E-state index in [0.717, 1.165) is 6.08 Å². The second-order valence-electron chi connectivity index (χ2n) is 3.49. The maximum absolute atomic E-state index is 11.3. The predicted molar refractivity (Wildman–Crippen MR) is 66.1 cm³/mol. The zero-order valence-corrected chi connectivity index (χ0v) is 10.2. The normalized spacial score (nSPS) is 10.8. The predicted octanol–water partition coefficient (Wildman–Crippen LogP) is 1.77. The Balaban J connectivity index is 2.56. The lowest BCUT2D eigenvalue weighted by molar-refractivity contribution is -0.131. The molecule has 7 heteroatoms. The molecule has 0 saturated heterocycles. The van der Waals surface area contributed by atoms with E-state index in [0.29, 0.717) is 10.0 Å². The summed E-state index contributed by atoms with van der Waals surface area (Å²) in [6.45, 7) is 3.70. The van der Waals surface area contributed by atoms with Crippen molar-refractivity contribution in [3.63, 3.8) is 0 Å². The third-order valence-corrected chi connectivity index (χ3v) is 2.43. The molecule has 0 aliphatic heterocycles. The molecule has 0 aliphatic rings. The zero-order valence-electron chi connectivity index (χ0n) is 9.43. The van der Waals surface area contributed by atoms with Crippen molar-refractivity contribution in [1.29, 1.82) is 0 Å². The Kier molecular flexibility index (Phi) is 4.65. The lowest BCUT2D eigenvalue weighted by Crippen LogP contribution is -2.34. The number of carbonyl (C=O) groups excluding carboxylic acids is 1. The van der Waals surface area contributed by atoms with Gasteiger partial charge in [-0.25, -0.2) is 14.6 Å². The number of anilines is 1. The van der Waals surface area contributed by atoms with Crippen LogP contribution in [-0.4, -0.2) is 28.1 Å². The van der Waals surface area contributed by atoms with Crippen molar-refractivity contribution in [3.05, 3.63) is 17.2 Å². The van der Waals surface area contributed by atoms with E-state index in [-0.39, 0.29) is 12.1 Å². The van der Waals surface area contributed by atoms with E-state index in [1.807, 2.05) is 13.8 Å². The van der Waals surface area contributed by atoms with Gasteiger partial charge in [0, 0.05) is 23.2 Å². The van der Waals surface area contributed by atoms with Crippen LogP contribution in [0.4, 0.5) is 9.93 Å². The molecular weight excluding hydrogens is 242 g/mol. The molecule has 0 bridgehead atoms. The Labute approximate surface area is 102 Å². The topological polar surface area (TPSA) is 91.3 Å². The number of hydrogen-bond acceptors (Lipinski definition) is 4. The summed E-state index contributed by atoms with van der Waals surface area (Å²) >= 11 is 1.20. The van der Waals surface area contributed by atoms with Gasteiger partial charge in [-0.3, -0.25) is 5.32 Å². The van der Waals surface area contributed by atoms with Gasteiger partial charge in [0.1, 0.15) is 0 Å². The van der Waals surface area contributed by atoms with Crippen LogP contribution in [0.2, 0.25) is 0 Å². The van der Waals surface area contributed by atoms with Crippen molar-refractivity contribution in [2.75, 3.05) is 5.32 Å². The van der Waals surface area contributed by atoms with Crippen LogP contribution >= 0.6 is 11.3 Å². The van der Waals surface area contributed by atoms with Crippen molar-refractivity contribution >= 4 is 34.5 Å². The molecule has 0 aromatic carbocycles. The number of rotatable bonds is 4. The monoisotopic (exact) mass is 255 g/mol. The zero-order chi connectivity index (χ0) is 12.8. The van der Waals surface area contributed by atoms with Gasteiger partial charge >= 0.3 is 12.0 Å². The highest BCUT2D eigenvalue weighted by Crippen LogP contribution is 2.19. The van der Waals surface area contributed by atoms with E-state index in [9.17, 15) is 9.59 Å². The number of amides is 2. The van der Waals surface area contributed by atoms with Gasteiger partial charge in [-0.15, -0.1) is 0 Å². The number of nitrogens with zero attached hydrogens (tertiary/aromatic N) is 1. The van der Waals surface area contributed by atoms with Gasteiger partial charge in [0.05, 0.1) is 0 Å². The van der Waals surface area contributed by atoms with Gasteiger partial charge in [-0.2, -0.15) is 0 Å². The third-order valence-electron chi connectivity index (χ3n) is 1.55. The van der Waals surface area contributed by atoms with Gasteiger partial charge in [-0.1, -0.05) is 11.3 Å². The molecule has 0 atom stereocenters. The average Bonchev–Trinajstić information content (AvgIpc) is 2.61. The highest BCUT2D eigenvalue weighted by atomic mass is 32.1. The van der Waals surface area contributed by atoms with Crippen LogP contribution in [0.1, 0.15) is 18.7 Å². The molecule has 92 valence electrons. The maximum Gasteiger partial charge on any atom is 0.328 e. The third kappa shape index (κ3) is 5.12. The van der Waals surface area contributed by atoms with E-state index < -0.39 is 5.97 Å². The summed E-state index contributed by atoms with van der Waals surface area (Å²) in [5, 5.41) is 14.1. The summed E-state index contributed by atoms with van der Waals surface area (Å²) in [4.78, 5) is 26.2. The fourth-order valence-corrected chi connectivity index (χ4v) is 1.68. The molecule has 3 N–H and O–H groups in total. The lowest BCUT2D eigenvalue weighted by atomic mass is 10.4. The first-order valence-electron chi connectivity index (χ1n) is 4.91. The number of aliphatic carboxylic acids is 1. The van der Waals surface area contributed by atoms with E-state index >= 15 is 0 Å². The van der Waals surface area contributed by atoms with Gasteiger partial charge in [0.15, 0.2) is 5.13 Å². The van der Waals surface area contributed by atoms with Crippen molar-refractivity contribution < 1.29 is 14.7 Å². The molecule has 0 saturated carbocycles. The molecule has 1 aromatic rings. The van der Waals surface area contributed by atoms with Crippen LogP contribution in [0.15, 0.2) is 12.3 Å². The molecular formula is C10H13N3O3S. The van der Waals surface area contributed by atoms with Gasteiger partial charge in [-0.05, 0) is 19.9 Å². The Hall–Kier alpha value is -1.89. The van der Waals surface area contributed by atoms with Crippen LogP contribution in [0.25, 0.3) is 6.08 Å². The molecule has 0 unspecified atom stereocenters. The van der Waals surface area contributed by atoms with Crippen molar-refractivity contribution in [2.24, 2.45) is 0 Å². The highest BCUT2D eigenvalue weighted by Gasteiger charge is 2.06. The van der Waals surface area contributed by atoms with Crippen LogP contribution in [0.5, 0.6) is 0 Å². The van der Waals surface area contributed by atoms with Crippen molar-refractivity contribution in [2.45, 2.75) is 19.9 Å². The number of nitrogens with one attached hydrogen (secondary N) is 2. The summed E-state index contributed by atoms with van der Waals surface area (Å²) in [6, 6.07) is -0.288. The van der Waals surface area contributed by atoms with Crippen LogP contribution in [-0.2, 0) is 4.79 Å². The Bertz CT molecular complexity index is 440. The van der Waals surface area contributed by atoms with E-state index in [1.165, 1.54) is 23.6 Å². The Morgan fingerprint density at radius 1 is 1.53 bits per heavy atom. The van der Waals surface area contributed by atoms with Crippen molar-refractivity contribution in [3.8, 4) is 0 Å². The minimum absolute atomic E-state index is 0.0429. The minimum atomic E-state index is -1.02. The van der Waals surface area contributed by atoms with E-state index in [2.05, 4.69) is 15.6 Å². The number of carbonyl (C=O) groups is 2. The molecule has 0 radical (unpaired) electrons. The summed E-state index contributed by atoms with van der Waals surface area (Å²) in [6.07, 6.45) is 3.94. The van der Waals surface area contributed by atoms with Gasteiger partial charge in [0.25, 0.3) is 0 Å². The second-order valence-corrected chi connectivity index (χ2v) is 4.55. The molecule has 6 nitrogen and oxygen atoms in total. The molecule has 1 aromatic heterocycles.